The van der Waals surface area contributed by atoms with Gasteiger partial charge in [-0.3, -0.25) is 0 Å². The van der Waals surface area contributed by atoms with Crippen molar-refractivity contribution in [3.05, 3.63) is 243 Å². The van der Waals surface area contributed by atoms with E-state index >= 15 is 0 Å². The first-order valence-corrected chi connectivity index (χ1v) is 22.2. The van der Waals surface area contributed by atoms with Gasteiger partial charge in [-0.15, -0.1) is 0 Å². The van der Waals surface area contributed by atoms with E-state index in [2.05, 4.69) is 243 Å². The minimum atomic E-state index is 1.20. The zero-order chi connectivity index (χ0) is 42.1. The molecule has 0 spiro atoms. The second-order valence-corrected chi connectivity index (χ2v) is 17.1. The molecule has 0 radical (unpaired) electrons. The molecule has 0 heterocycles. The van der Waals surface area contributed by atoms with Gasteiger partial charge < -0.3 is 0 Å². The molecule has 0 saturated carbocycles. The number of hydrogen-bond donors (Lipinski definition) is 0. The molecule has 13 aromatic carbocycles. The summed E-state index contributed by atoms with van der Waals surface area (Å²) in [6, 6.07) is 89.9. The van der Waals surface area contributed by atoms with Crippen molar-refractivity contribution in [2.24, 2.45) is 0 Å². The summed E-state index contributed by atoms with van der Waals surface area (Å²) in [4.78, 5) is 0. The first-order valence-electron chi connectivity index (χ1n) is 22.2. The van der Waals surface area contributed by atoms with E-state index in [0.29, 0.717) is 0 Å². The third-order valence-corrected chi connectivity index (χ3v) is 13.6. The Balaban J connectivity index is 0.962. The molecular formula is C64H40. The van der Waals surface area contributed by atoms with Gasteiger partial charge in [0.2, 0.25) is 0 Å². The first-order chi connectivity index (χ1) is 31.8. The number of hydrogen-bond acceptors (Lipinski definition) is 0. The van der Waals surface area contributed by atoms with Gasteiger partial charge in [0.1, 0.15) is 0 Å². The molecule has 0 aliphatic heterocycles. The zero-order valence-corrected chi connectivity index (χ0v) is 35.1. The largest absolute Gasteiger partial charge is 0.0616 e. The molecule has 0 fully saturated rings. The summed E-state index contributed by atoms with van der Waals surface area (Å²) in [7, 11) is 0. The average Bonchev–Trinajstić information content (AvgIpc) is 3.37. The molecule has 0 N–H and O–H groups in total. The predicted molar refractivity (Wildman–Crippen MR) is 276 cm³/mol. The Morgan fingerprint density at radius 1 is 0.156 bits per heavy atom. The van der Waals surface area contributed by atoms with Gasteiger partial charge in [-0.2, -0.15) is 0 Å². The molecule has 64 heavy (non-hydrogen) atoms. The lowest BCUT2D eigenvalue weighted by atomic mass is 9.83. The van der Waals surface area contributed by atoms with E-state index in [-0.39, 0.29) is 0 Å². The second-order valence-electron chi connectivity index (χ2n) is 17.1. The summed E-state index contributed by atoms with van der Waals surface area (Å²) in [5.74, 6) is 0. The summed E-state index contributed by atoms with van der Waals surface area (Å²) >= 11 is 0. The van der Waals surface area contributed by atoms with Crippen molar-refractivity contribution in [1.82, 2.24) is 0 Å². The summed E-state index contributed by atoms with van der Waals surface area (Å²) in [5.41, 5.74) is 12.5. The molecule has 13 aromatic rings. The fraction of sp³-hybridized carbons (Fsp3) is 0. The van der Waals surface area contributed by atoms with E-state index in [1.807, 2.05) is 0 Å². The molecule has 0 atom stereocenters. The maximum Gasteiger partial charge on any atom is -0.00201 e. The highest BCUT2D eigenvalue weighted by Crippen LogP contribution is 2.48. The molecule has 0 nitrogen and oxygen atoms in total. The predicted octanol–water partition coefficient (Wildman–Crippen LogP) is 18.1. The van der Waals surface area contributed by atoms with Gasteiger partial charge in [-0.1, -0.05) is 231 Å². The maximum absolute atomic E-state index is 2.36. The van der Waals surface area contributed by atoms with E-state index < -0.39 is 0 Å². The molecule has 0 aliphatic carbocycles. The quantitative estimate of drug-likeness (QED) is 0.152. The van der Waals surface area contributed by atoms with Gasteiger partial charge in [-0.25, -0.2) is 0 Å². The van der Waals surface area contributed by atoms with Gasteiger partial charge >= 0.3 is 0 Å². The average molecular weight is 809 g/mol. The Morgan fingerprint density at radius 3 is 0.859 bits per heavy atom. The highest BCUT2D eigenvalue weighted by atomic mass is 14.2. The van der Waals surface area contributed by atoms with Crippen molar-refractivity contribution in [2.75, 3.05) is 0 Å². The molecule has 13 rings (SSSR count). The smallest absolute Gasteiger partial charge is 0.00201 e. The van der Waals surface area contributed by atoms with Crippen LogP contribution in [0.5, 0.6) is 0 Å². The summed E-state index contributed by atoms with van der Waals surface area (Å²) < 4.78 is 0. The van der Waals surface area contributed by atoms with Crippen LogP contribution in [0.1, 0.15) is 0 Å². The van der Waals surface area contributed by atoms with Gasteiger partial charge in [-0.05, 0) is 143 Å². The van der Waals surface area contributed by atoms with Crippen molar-refractivity contribution in [3.8, 4) is 55.6 Å². The Kier molecular flexibility index (Phi) is 8.32. The lowest BCUT2D eigenvalue weighted by molar-refractivity contribution is 1.63. The van der Waals surface area contributed by atoms with E-state index in [4.69, 9.17) is 0 Å². The molecule has 0 aromatic heterocycles. The summed E-state index contributed by atoms with van der Waals surface area (Å²) in [6.45, 7) is 0. The standard InChI is InChI=1S/C64H40/c1-3-17-45-39-47(35-29-41(45)15-1)62-54-23-9-7-21-52(54)61(53-22-8-10-24-55(53)62)44-33-31-43(32-34-44)49-37-38-60(51-20-6-5-19-50(49)51)64-58-27-13-11-25-56(58)63(57-26-12-14-28-59(57)64)48-36-30-42-16-2-4-18-46(42)40-48/h1-40H. The van der Waals surface area contributed by atoms with Crippen LogP contribution in [0.15, 0.2) is 243 Å². The van der Waals surface area contributed by atoms with Crippen LogP contribution in [0.25, 0.3) is 131 Å². The zero-order valence-electron chi connectivity index (χ0n) is 35.1. The minimum absolute atomic E-state index is 1.20. The normalized spacial score (nSPS) is 11.8. The van der Waals surface area contributed by atoms with Crippen LogP contribution in [0.2, 0.25) is 0 Å². The lowest BCUT2D eigenvalue weighted by Gasteiger charge is -2.20. The molecular weight excluding hydrogens is 769 g/mol. The third kappa shape index (κ3) is 5.70. The van der Waals surface area contributed by atoms with E-state index in [0.717, 1.165) is 0 Å². The minimum Gasteiger partial charge on any atom is -0.0616 e. The monoisotopic (exact) mass is 808 g/mol. The fourth-order valence-corrected chi connectivity index (χ4v) is 10.8. The van der Waals surface area contributed by atoms with E-state index in [1.165, 1.54) is 131 Å². The lowest BCUT2D eigenvalue weighted by Crippen LogP contribution is -1.93. The number of rotatable bonds is 5. The van der Waals surface area contributed by atoms with Gasteiger partial charge in [0, 0.05) is 0 Å². The Labute approximate surface area is 371 Å². The topological polar surface area (TPSA) is 0 Å². The highest BCUT2D eigenvalue weighted by Gasteiger charge is 2.20. The molecule has 0 bridgehead atoms. The van der Waals surface area contributed by atoms with Gasteiger partial charge in [0.25, 0.3) is 0 Å². The maximum atomic E-state index is 2.36. The first kappa shape index (κ1) is 36.3. The van der Waals surface area contributed by atoms with Crippen LogP contribution in [0.3, 0.4) is 0 Å². The van der Waals surface area contributed by atoms with E-state index in [9.17, 15) is 0 Å². The van der Waals surface area contributed by atoms with Crippen molar-refractivity contribution < 1.29 is 0 Å². The van der Waals surface area contributed by atoms with Crippen LogP contribution in [-0.2, 0) is 0 Å². The second kappa shape index (κ2) is 14.7. The molecule has 0 unspecified atom stereocenters. The van der Waals surface area contributed by atoms with Gasteiger partial charge in [0.15, 0.2) is 0 Å². The number of benzene rings is 13. The SMILES string of the molecule is c1ccc2cc(-c3c4ccccc4c(-c4ccc(-c5ccc(-c6c7ccccc7c(-c7ccc8ccccc8c7)c7ccccc67)c6ccccc56)cc4)c4ccccc34)ccc2c1. The summed E-state index contributed by atoms with van der Waals surface area (Å²) in [6.07, 6.45) is 0. The molecule has 0 amide bonds. The van der Waals surface area contributed by atoms with Crippen LogP contribution in [0, 0.1) is 0 Å². The molecule has 296 valence electrons. The van der Waals surface area contributed by atoms with Crippen molar-refractivity contribution in [3.63, 3.8) is 0 Å². The van der Waals surface area contributed by atoms with Gasteiger partial charge in [0.05, 0.1) is 0 Å². The van der Waals surface area contributed by atoms with Crippen LogP contribution >= 0.6 is 0 Å². The Hall–Kier alpha value is -8.32. The van der Waals surface area contributed by atoms with Crippen molar-refractivity contribution in [2.45, 2.75) is 0 Å². The van der Waals surface area contributed by atoms with Crippen LogP contribution in [0.4, 0.5) is 0 Å². The Bertz CT molecular complexity index is 3890. The third-order valence-electron chi connectivity index (χ3n) is 13.6. The molecule has 0 aliphatic rings. The van der Waals surface area contributed by atoms with Crippen LogP contribution in [-0.4, -0.2) is 0 Å². The molecule has 0 heteroatoms. The van der Waals surface area contributed by atoms with Crippen molar-refractivity contribution in [1.29, 1.82) is 0 Å². The fourth-order valence-electron chi connectivity index (χ4n) is 10.8. The summed E-state index contributed by atoms with van der Waals surface area (Å²) in [5, 5.41) is 17.6. The van der Waals surface area contributed by atoms with Crippen LogP contribution < -0.4 is 0 Å². The van der Waals surface area contributed by atoms with Crippen molar-refractivity contribution >= 4 is 75.4 Å². The van der Waals surface area contributed by atoms with E-state index in [1.54, 1.807) is 0 Å². The number of fused-ring (bicyclic) bond motifs is 7. The highest BCUT2D eigenvalue weighted by molar-refractivity contribution is 6.25. The Morgan fingerprint density at radius 2 is 0.438 bits per heavy atom. The molecule has 0 saturated heterocycles.